The van der Waals surface area contributed by atoms with Crippen molar-refractivity contribution >= 4 is 0 Å². The van der Waals surface area contributed by atoms with E-state index in [2.05, 4.69) is 10.3 Å². The predicted molar refractivity (Wildman–Crippen MR) is 93.0 cm³/mol. The molecule has 136 valence electrons. The Morgan fingerprint density at radius 1 is 1.12 bits per heavy atom. The number of benzene rings is 1. The van der Waals surface area contributed by atoms with Crippen molar-refractivity contribution in [2.24, 2.45) is 0 Å². The van der Waals surface area contributed by atoms with Crippen molar-refractivity contribution in [3.63, 3.8) is 0 Å². The highest BCUT2D eigenvalue weighted by atomic mass is 16.5. The number of rotatable bonds is 11. The van der Waals surface area contributed by atoms with Crippen LogP contribution < -0.4 is 19.5 Å². The third-order valence-electron chi connectivity index (χ3n) is 3.33. The molecule has 0 aliphatic carbocycles. The van der Waals surface area contributed by atoms with E-state index < -0.39 is 6.10 Å². The Hall–Kier alpha value is -2.35. The summed E-state index contributed by atoms with van der Waals surface area (Å²) in [5, 5.41) is 21.4. The number of aliphatic hydroxyl groups is 2. The van der Waals surface area contributed by atoms with Gasteiger partial charge in [0.2, 0.25) is 5.88 Å². The number of methoxy groups -OCH3 is 1. The summed E-state index contributed by atoms with van der Waals surface area (Å²) in [7, 11) is 1.55. The Balaban J connectivity index is 1.91. The summed E-state index contributed by atoms with van der Waals surface area (Å²) < 4.78 is 16.5. The molecule has 0 aliphatic heterocycles. The van der Waals surface area contributed by atoms with Gasteiger partial charge < -0.3 is 29.7 Å². The topological polar surface area (TPSA) is 93.1 Å². The average Bonchev–Trinajstić information content (AvgIpc) is 2.66. The fourth-order valence-electron chi connectivity index (χ4n) is 2.06. The maximum absolute atomic E-state index is 9.81. The number of pyridine rings is 1. The van der Waals surface area contributed by atoms with Gasteiger partial charge in [-0.15, -0.1) is 0 Å². The van der Waals surface area contributed by atoms with E-state index >= 15 is 0 Å². The van der Waals surface area contributed by atoms with Crippen molar-refractivity contribution < 1.29 is 24.4 Å². The number of nitrogens with zero attached hydrogens (tertiary/aromatic N) is 1. The van der Waals surface area contributed by atoms with Crippen LogP contribution in [0.5, 0.6) is 17.5 Å². The van der Waals surface area contributed by atoms with Gasteiger partial charge in [0.25, 0.3) is 5.88 Å². The van der Waals surface area contributed by atoms with Crippen molar-refractivity contribution in [1.29, 1.82) is 0 Å². The van der Waals surface area contributed by atoms with Crippen LogP contribution in [0.2, 0.25) is 0 Å². The second-order valence-corrected chi connectivity index (χ2v) is 5.32. The molecule has 3 N–H and O–H groups in total. The predicted octanol–water partition coefficient (Wildman–Crippen LogP) is 0.991. The Morgan fingerprint density at radius 2 is 1.92 bits per heavy atom. The number of nitrogens with one attached hydrogen (secondary N) is 1. The highest BCUT2D eigenvalue weighted by Crippen LogP contribution is 2.28. The van der Waals surface area contributed by atoms with Gasteiger partial charge in [-0.3, -0.25) is 0 Å². The quantitative estimate of drug-likeness (QED) is 0.522. The van der Waals surface area contributed by atoms with E-state index in [0.717, 1.165) is 5.56 Å². The fraction of sp³-hybridized carbons (Fsp3) is 0.389. The van der Waals surface area contributed by atoms with Crippen LogP contribution in [0.4, 0.5) is 0 Å². The summed E-state index contributed by atoms with van der Waals surface area (Å²) in [5.74, 6) is 1.18. The molecule has 2 aromatic rings. The lowest BCUT2D eigenvalue weighted by Gasteiger charge is -2.14. The van der Waals surface area contributed by atoms with Gasteiger partial charge in [0, 0.05) is 19.2 Å². The van der Waals surface area contributed by atoms with Crippen LogP contribution in [0.1, 0.15) is 5.56 Å². The van der Waals surface area contributed by atoms with Crippen molar-refractivity contribution in [2.75, 3.05) is 33.4 Å². The third-order valence-corrected chi connectivity index (χ3v) is 3.33. The third kappa shape index (κ3) is 6.58. The molecule has 0 aliphatic rings. The lowest BCUT2D eigenvalue weighted by Crippen LogP contribution is -2.33. The van der Waals surface area contributed by atoms with Gasteiger partial charge >= 0.3 is 0 Å². The molecule has 0 saturated heterocycles. The molecule has 1 heterocycles. The van der Waals surface area contributed by atoms with Crippen LogP contribution in [-0.4, -0.2) is 54.7 Å². The van der Waals surface area contributed by atoms with E-state index in [1.807, 2.05) is 30.3 Å². The molecule has 0 amide bonds. The molecule has 1 aromatic carbocycles. The molecule has 0 bridgehead atoms. The van der Waals surface area contributed by atoms with E-state index in [-0.39, 0.29) is 13.2 Å². The van der Waals surface area contributed by atoms with Gasteiger partial charge in [-0.05, 0) is 11.6 Å². The summed E-state index contributed by atoms with van der Waals surface area (Å²) in [6.45, 7) is 1.22. The Bertz CT molecular complexity index is 624. The molecular weight excluding hydrogens is 324 g/mol. The summed E-state index contributed by atoms with van der Waals surface area (Å²) in [6, 6.07) is 13.1. The van der Waals surface area contributed by atoms with Crippen molar-refractivity contribution in [3.8, 4) is 17.5 Å². The lowest BCUT2D eigenvalue weighted by atomic mass is 10.2. The van der Waals surface area contributed by atoms with Crippen LogP contribution in [0, 0.1) is 0 Å². The highest BCUT2D eigenvalue weighted by Gasteiger charge is 2.11. The molecule has 1 atom stereocenters. The minimum atomic E-state index is -0.705. The van der Waals surface area contributed by atoms with Gasteiger partial charge in [-0.2, -0.15) is 4.98 Å². The molecular formula is C18H24N2O5. The molecule has 0 fully saturated rings. The lowest BCUT2D eigenvalue weighted by molar-refractivity contribution is 0.102. The number of aromatic nitrogens is 1. The average molecular weight is 348 g/mol. The first-order chi connectivity index (χ1) is 12.2. The minimum Gasteiger partial charge on any atom is -0.491 e. The molecule has 25 heavy (non-hydrogen) atoms. The largest absolute Gasteiger partial charge is 0.491 e. The second-order valence-electron chi connectivity index (χ2n) is 5.32. The van der Waals surface area contributed by atoms with E-state index in [1.165, 1.54) is 0 Å². The molecule has 0 spiro atoms. The van der Waals surface area contributed by atoms with E-state index in [9.17, 15) is 5.11 Å². The molecule has 0 saturated carbocycles. The van der Waals surface area contributed by atoms with Crippen molar-refractivity contribution in [2.45, 2.75) is 12.7 Å². The number of hydrogen-bond donors (Lipinski definition) is 3. The van der Waals surface area contributed by atoms with Crippen LogP contribution in [0.25, 0.3) is 0 Å². The molecule has 0 unspecified atom stereocenters. The van der Waals surface area contributed by atoms with E-state index in [0.29, 0.717) is 37.2 Å². The second kappa shape index (κ2) is 10.5. The molecule has 7 heteroatoms. The zero-order chi connectivity index (χ0) is 17.9. The summed E-state index contributed by atoms with van der Waals surface area (Å²) >= 11 is 0. The highest BCUT2D eigenvalue weighted by molar-refractivity contribution is 5.36. The van der Waals surface area contributed by atoms with Crippen LogP contribution in [0.15, 0.2) is 42.5 Å². The standard InChI is InChI=1S/C18H24N2O5/c1-23-16-7-8-17(24-13-15(22)11-19-9-10-21)20-18(16)25-12-14-5-3-2-4-6-14/h2-8,15,19,21-22H,9-13H2,1H3/t15-/m1/s1. The number of aliphatic hydroxyl groups excluding tert-OH is 2. The summed E-state index contributed by atoms with van der Waals surface area (Å²) in [5.41, 5.74) is 1.02. The first-order valence-corrected chi connectivity index (χ1v) is 8.07. The van der Waals surface area contributed by atoms with Crippen LogP contribution in [0.3, 0.4) is 0 Å². The van der Waals surface area contributed by atoms with Crippen molar-refractivity contribution in [3.05, 3.63) is 48.0 Å². The van der Waals surface area contributed by atoms with Crippen molar-refractivity contribution in [1.82, 2.24) is 10.3 Å². The van der Waals surface area contributed by atoms with E-state index in [1.54, 1.807) is 19.2 Å². The monoisotopic (exact) mass is 348 g/mol. The van der Waals surface area contributed by atoms with Gasteiger partial charge in [-0.1, -0.05) is 30.3 Å². The molecule has 0 radical (unpaired) electrons. The minimum absolute atomic E-state index is 0.0235. The Morgan fingerprint density at radius 3 is 2.64 bits per heavy atom. The fourth-order valence-corrected chi connectivity index (χ4v) is 2.06. The first kappa shape index (κ1) is 19.0. The Labute approximate surface area is 147 Å². The van der Waals surface area contributed by atoms with E-state index in [4.69, 9.17) is 19.3 Å². The summed E-state index contributed by atoms with van der Waals surface area (Å²) in [4.78, 5) is 4.29. The normalized spacial score (nSPS) is 11.8. The van der Waals surface area contributed by atoms with Crippen LogP contribution >= 0.6 is 0 Å². The molecule has 7 nitrogen and oxygen atoms in total. The maximum atomic E-state index is 9.81. The maximum Gasteiger partial charge on any atom is 0.260 e. The van der Waals surface area contributed by atoms with Gasteiger partial charge in [-0.25, -0.2) is 0 Å². The van der Waals surface area contributed by atoms with Gasteiger partial charge in [0.05, 0.1) is 13.7 Å². The SMILES string of the molecule is COc1ccc(OC[C@H](O)CNCCO)nc1OCc1ccccc1. The smallest absolute Gasteiger partial charge is 0.260 e. The number of ether oxygens (including phenoxy) is 3. The van der Waals surface area contributed by atoms with Gasteiger partial charge in [0.1, 0.15) is 19.3 Å². The van der Waals surface area contributed by atoms with Gasteiger partial charge in [0.15, 0.2) is 5.75 Å². The summed E-state index contributed by atoms with van der Waals surface area (Å²) in [6.07, 6.45) is -0.705. The zero-order valence-corrected chi connectivity index (χ0v) is 14.2. The molecule has 2 rings (SSSR count). The number of hydrogen-bond acceptors (Lipinski definition) is 7. The zero-order valence-electron chi connectivity index (χ0n) is 14.2. The van der Waals surface area contributed by atoms with Crippen LogP contribution in [-0.2, 0) is 6.61 Å². The Kier molecular flexibility index (Phi) is 7.97. The molecule has 1 aromatic heterocycles. The first-order valence-electron chi connectivity index (χ1n) is 8.07.